The van der Waals surface area contributed by atoms with Crippen LogP contribution in [-0.2, 0) is 0 Å². The molecule has 2 heterocycles. The first-order valence-electron chi connectivity index (χ1n) is 8.95. The van der Waals surface area contributed by atoms with Gasteiger partial charge in [-0.25, -0.2) is 13.2 Å². The fraction of sp³-hybridized carbons (Fsp3) is 0.286. The topological polar surface area (TPSA) is 36.4 Å². The van der Waals surface area contributed by atoms with Gasteiger partial charge in [0.25, 0.3) is 0 Å². The van der Waals surface area contributed by atoms with E-state index in [4.69, 9.17) is 0 Å². The number of rotatable bonds is 3. The Morgan fingerprint density at radius 2 is 1.67 bits per heavy atom. The van der Waals surface area contributed by atoms with Crippen LogP contribution in [0.3, 0.4) is 0 Å². The molecule has 0 amide bonds. The molecular weight excluding hydrogens is 353 g/mol. The van der Waals surface area contributed by atoms with Gasteiger partial charge in [0.1, 0.15) is 17.2 Å². The van der Waals surface area contributed by atoms with Crippen LogP contribution in [0.5, 0.6) is 0 Å². The second-order valence-electron chi connectivity index (χ2n) is 6.93. The van der Waals surface area contributed by atoms with Crippen LogP contribution in [-0.4, -0.2) is 23.2 Å². The Balaban J connectivity index is 1.53. The average molecular weight is 372 g/mol. The van der Waals surface area contributed by atoms with Crippen molar-refractivity contribution in [1.82, 2.24) is 4.98 Å². The zero-order valence-electron chi connectivity index (χ0n) is 14.6. The highest BCUT2D eigenvalue weighted by atomic mass is 19.1. The van der Waals surface area contributed by atoms with E-state index in [1.54, 1.807) is 18.2 Å². The van der Waals surface area contributed by atoms with E-state index in [-0.39, 0.29) is 17.3 Å². The SMILES string of the molecule is OC(c1ccc(F)cc1)C1CCN(c2ccnc3c(F)cc(F)cc23)CC1. The van der Waals surface area contributed by atoms with Crippen LogP contribution < -0.4 is 4.90 Å². The maximum atomic E-state index is 14.0. The van der Waals surface area contributed by atoms with Crippen molar-refractivity contribution < 1.29 is 18.3 Å². The fourth-order valence-corrected chi connectivity index (χ4v) is 3.83. The van der Waals surface area contributed by atoms with Crippen molar-refractivity contribution in [1.29, 1.82) is 0 Å². The number of anilines is 1. The Labute approximate surface area is 155 Å². The van der Waals surface area contributed by atoms with Crippen LogP contribution in [0.25, 0.3) is 10.9 Å². The van der Waals surface area contributed by atoms with Gasteiger partial charge in [-0.3, -0.25) is 4.98 Å². The molecule has 1 atom stereocenters. The van der Waals surface area contributed by atoms with Crippen LogP contribution in [0, 0.1) is 23.4 Å². The molecule has 0 saturated carbocycles. The normalized spacial score (nSPS) is 16.7. The molecule has 0 spiro atoms. The van der Waals surface area contributed by atoms with Crippen molar-refractivity contribution >= 4 is 16.6 Å². The van der Waals surface area contributed by atoms with E-state index >= 15 is 0 Å². The highest BCUT2D eigenvalue weighted by molar-refractivity contribution is 5.92. The van der Waals surface area contributed by atoms with Gasteiger partial charge >= 0.3 is 0 Å². The predicted octanol–water partition coefficient (Wildman–Crippen LogP) is 4.60. The number of benzene rings is 2. The third-order valence-corrected chi connectivity index (χ3v) is 5.28. The highest BCUT2D eigenvalue weighted by Crippen LogP contribution is 2.35. The van der Waals surface area contributed by atoms with Gasteiger partial charge in [0.15, 0.2) is 5.82 Å². The Bertz CT molecular complexity index is 954. The number of hydrogen-bond acceptors (Lipinski definition) is 3. The van der Waals surface area contributed by atoms with Crippen molar-refractivity contribution in [2.24, 2.45) is 5.92 Å². The van der Waals surface area contributed by atoms with E-state index in [0.717, 1.165) is 24.6 Å². The number of fused-ring (bicyclic) bond motifs is 1. The lowest BCUT2D eigenvalue weighted by molar-refractivity contribution is 0.0929. The lowest BCUT2D eigenvalue weighted by Gasteiger charge is -2.36. The van der Waals surface area contributed by atoms with E-state index in [2.05, 4.69) is 9.88 Å². The number of halogens is 3. The molecule has 1 fully saturated rings. The highest BCUT2D eigenvalue weighted by Gasteiger charge is 2.27. The average Bonchev–Trinajstić information content (AvgIpc) is 2.68. The van der Waals surface area contributed by atoms with E-state index in [1.807, 2.05) is 0 Å². The summed E-state index contributed by atoms with van der Waals surface area (Å²) in [5.41, 5.74) is 1.60. The van der Waals surface area contributed by atoms with E-state index in [0.29, 0.717) is 24.0 Å². The first-order valence-corrected chi connectivity index (χ1v) is 8.95. The molecule has 1 aliphatic heterocycles. The van der Waals surface area contributed by atoms with Crippen molar-refractivity contribution in [3.8, 4) is 0 Å². The van der Waals surface area contributed by atoms with Crippen molar-refractivity contribution in [3.63, 3.8) is 0 Å². The van der Waals surface area contributed by atoms with Gasteiger partial charge in [-0.2, -0.15) is 0 Å². The second-order valence-corrected chi connectivity index (χ2v) is 6.93. The number of aliphatic hydroxyl groups excluding tert-OH is 1. The lowest BCUT2D eigenvalue weighted by Crippen LogP contribution is -2.35. The lowest BCUT2D eigenvalue weighted by atomic mass is 9.87. The van der Waals surface area contributed by atoms with Gasteiger partial charge < -0.3 is 10.0 Å². The van der Waals surface area contributed by atoms with Crippen LogP contribution >= 0.6 is 0 Å². The van der Waals surface area contributed by atoms with Crippen LogP contribution in [0.15, 0.2) is 48.7 Å². The van der Waals surface area contributed by atoms with Crippen LogP contribution in [0.1, 0.15) is 24.5 Å². The van der Waals surface area contributed by atoms with E-state index in [9.17, 15) is 18.3 Å². The van der Waals surface area contributed by atoms with Gasteiger partial charge in [0, 0.05) is 36.4 Å². The summed E-state index contributed by atoms with van der Waals surface area (Å²) in [6.07, 6.45) is 2.31. The van der Waals surface area contributed by atoms with Gasteiger partial charge in [0.2, 0.25) is 0 Å². The predicted molar refractivity (Wildman–Crippen MR) is 98.0 cm³/mol. The molecule has 3 aromatic rings. The summed E-state index contributed by atoms with van der Waals surface area (Å²) >= 11 is 0. The fourth-order valence-electron chi connectivity index (χ4n) is 3.83. The third kappa shape index (κ3) is 3.49. The molecule has 2 aromatic carbocycles. The molecule has 1 aliphatic rings. The number of nitrogens with zero attached hydrogens (tertiary/aromatic N) is 2. The second kappa shape index (κ2) is 7.19. The third-order valence-electron chi connectivity index (χ3n) is 5.28. The maximum Gasteiger partial charge on any atom is 0.152 e. The zero-order chi connectivity index (χ0) is 19.0. The Morgan fingerprint density at radius 3 is 2.37 bits per heavy atom. The smallest absolute Gasteiger partial charge is 0.152 e. The van der Waals surface area contributed by atoms with Gasteiger partial charge in [-0.1, -0.05) is 12.1 Å². The monoisotopic (exact) mass is 372 g/mol. The molecule has 140 valence electrons. The molecule has 6 heteroatoms. The Kier molecular flexibility index (Phi) is 4.74. The first-order chi connectivity index (χ1) is 13.0. The minimum absolute atomic E-state index is 0.0493. The number of aromatic nitrogens is 1. The summed E-state index contributed by atoms with van der Waals surface area (Å²) in [5, 5.41) is 11.0. The molecule has 1 aromatic heterocycles. The molecule has 27 heavy (non-hydrogen) atoms. The minimum atomic E-state index is -0.673. The molecule has 4 rings (SSSR count). The summed E-state index contributed by atoms with van der Waals surface area (Å²) in [6.45, 7) is 1.31. The zero-order valence-corrected chi connectivity index (χ0v) is 14.6. The number of piperidine rings is 1. The van der Waals surface area contributed by atoms with Crippen LogP contribution in [0.2, 0.25) is 0 Å². The molecule has 3 nitrogen and oxygen atoms in total. The molecule has 0 bridgehead atoms. The summed E-state index contributed by atoms with van der Waals surface area (Å²) in [5.74, 6) is -1.58. The molecule has 0 aliphatic carbocycles. The van der Waals surface area contributed by atoms with Crippen molar-refractivity contribution in [2.45, 2.75) is 18.9 Å². The quantitative estimate of drug-likeness (QED) is 0.730. The molecule has 1 saturated heterocycles. The largest absolute Gasteiger partial charge is 0.388 e. The molecule has 1 N–H and O–H groups in total. The van der Waals surface area contributed by atoms with Crippen LogP contribution in [0.4, 0.5) is 18.9 Å². The molecule has 1 unspecified atom stereocenters. The van der Waals surface area contributed by atoms with E-state index < -0.39 is 17.7 Å². The molecule has 0 radical (unpaired) electrons. The number of hydrogen-bond donors (Lipinski definition) is 1. The standard InChI is InChI=1S/C21H19F3N2O/c22-15-3-1-13(2-4-15)21(27)14-6-9-26(10-7-14)19-5-8-25-20-17(19)11-16(23)12-18(20)24/h1-5,8,11-12,14,21,27H,6-7,9-10H2. The minimum Gasteiger partial charge on any atom is -0.388 e. The summed E-state index contributed by atoms with van der Waals surface area (Å²) in [4.78, 5) is 6.09. The van der Waals surface area contributed by atoms with Gasteiger partial charge in [-0.05, 0) is 48.6 Å². The van der Waals surface area contributed by atoms with Gasteiger partial charge in [0.05, 0.1) is 6.10 Å². The number of pyridine rings is 1. The molecular formula is C21H19F3N2O. The number of aliphatic hydroxyl groups is 1. The summed E-state index contributed by atoms with van der Waals surface area (Å²) < 4.78 is 40.7. The Hall–Kier alpha value is -2.60. The maximum absolute atomic E-state index is 14.0. The first kappa shape index (κ1) is 17.8. The Morgan fingerprint density at radius 1 is 0.963 bits per heavy atom. The van der Waals surface area contributed by atoms with Crippen molar-refractivity contribution in [3.05, 3.63) is 71.7 Å². The summed E-state index contributed by atoms with van der Waals surface area (Å²) in [7, 11) is 0. The van der Waals surface area contributed by atoms with Gasteiger partial charge in [-0.15, -0.1) is 0 Å². The van der Waals surface area contributed by atoms with Crippen molar-refractivity contribution in [2.75, 3.05) is 18.0 Å². The van der Waals surface area contributed by atoms with E-state index in [1.165, 1.54) is 24.4 Å². The summed E-state index contributed by atoms with van der Waals surface area (Å²) in [6, 6.07) is 9.81.